The average Bonchev–Trinajstić information content (AvgIpc) is 2.57. The van der Waals surface area contributed by atoms with Gasteiger partial charge in [0, 0.05) is 44.6 Å². The Morgan fingerprint density at radius 3 is 2.84 bits per heavy atom. The highest BCUT2D eigenvalue weighted by Crippen LogP contribution is 2.27. The van der Waals surface area contributed by atoms with Gasteiger partial charge < -0.3 is 5.32 Å². The van der Waals surface area contributed by atoms with E-state index in [9.17, 15) is 13.2 Å². The van der Waals surface area contributed by atoms with Crippen LogP contribution in [0, 0.1) is 12.8 Å². The molecule has 1 aromatic heterocycles. The first-order valence-corrected chi connectivity index (χ1v) is 6.36. The van der Waals surface area contributed by atoms with Gasteiger partial charge in [0.15, 0.2) is 0 Å². The van der Waals surface area contributed by atoms with E-state index in [1.54, 1.807) is 6.20 Å². The maximum Gasteiger partial charge on any atom is 0.394 e. The van der Waals surface area contributed by atoms with Gasteiger partial charge in [-0.2, -0.15) is 13.2 Å². The van der Waals surface area contributed by atoms with Gasteiger partial charge in [-0.3, -0.25) is 9.88 Å². The lowest BCUT2D eigenvalue weighted by atomic mass is 10.1. The molecule has 0 saturated carbocycles. The summed E-state index contributed by atoms with van der Waals surface area (Å²) >= 11 is 0. The van der Waals surface area contributed by atoms with E-state index in [0.717, 1.165) is 11.3 Å². The average molecular weight is 273 g/mol. The Bertz CT molecular complexity index is 403. The zero-order valence-corrected chi connectivity index (χ0v) is 10.9. The molecule has 2 rings (SSSR count). The molecule has 106 valence electrons. The molecule has 0 aliphatic carbocycles. The fourth-order valence-electron chi connectivity index (χ4n) is 2.19. The molecule has 1 fully saturated rings. The maximum atomic E-state index is 12.8. The number of nitrogens with zero attached hydrogens (tertiary/aromatic N) is 2. The van der Waals surface area contributed by atoms with Gasteiger partial charge in [-0.1, -0.05) is 6.07 Å². The summed E-state index contributed by atoms with van der Waals surface area (Å²) in [7, 11) is 0. The predicted octanol–water partition coefficient (Wildman–Crippen LogP) is 1.97. The Morgan fingerprint density at radius 2 is 2.21 bits per heavy atom. The van der Waals surface area contributed by atoms with Crippen LogP contribution in [0.2, 0.25) is 0 Å². The number of aromatic nitrogens is 1. The van der Waals surface area contributed by atoms with Gasteiger partial charge in [-0.05, 0) is 18.6 Å². The Balaban J connectivity index is 2.00. The monoisotopic (exact) mass is 273 g/mol. The summed E-state index contributed by atoms with van der Waals surface area (Å²) in [5.74, 6) is -1.30. The zero-order valence-electron chi connectivity index (χ0n) is 10.9. The molecular formula is C13H18F3N3. The quantitative estimate of drug-likeness (QED) is 0.893. The molecule has 19 heavy (non-hydrogen) atoms. The maximum absolute atomic E-state index is 12.8. The molecule has 6 heteroatoms. The van der Waals surface area contributed by atoms with Crippen LogP contribution in [0.1, 0.15) is 11.3 Å². The molecule has 1 saturated heterocycles. The van der Waals surface area contributed by atoms with Crippen LogP contribution in [-0.4, -0.2) is 42.2 Å². The number of hydrogen-bond donors (Lipinski definition) is 1. The summed E-state index contributed by atoms with van der Waals surface area (Å²) in [6.45, 7) is 3.67. The van der Waals surface area contributed by atoms with Crippen molar-refractivity contribution in [2.75, 3.05) is 26.2 Å². The first-order chi connectivity index (χ1) is 8.95. The third kappa shape index (κ3) is 4.18. The molecule has 0 spiro atoms. The summed E-state index contributed by atoms with van der Waals surface area (Å²) in [5.41, 5.74) is 1.86. The van der Waals surface area contributed by atoms with E-state index in [2.05, 4.69) is 10.3 Å². The molecule has 1 aliphatic heterocycles. The van der Waals surface area contributed by atoms with Crippen molar-refractivity contribution in [1.82, 2.24) is 15.2 Å². The molecule has 3 nitrogen and oxygen atoms in total. The Kier molecular flexibility index (Phi) is 4.42. The molecule has 1 N–H and O–H groups in total. The second kappa shape index (κ2) is 5.88. The molecule has 1 aliphatic rings. The van der Waals surface area contributed by atoms with Gasteiger partial charge >= 0.3 is 6.18 Å². The molecule has 1 atom stereocenters. The minimum atomic E-state index is -4.14. The second-order valence-corrected chi connectivity index (χ2v) is 4.99. The molecule has 0 bridgehead atoms. The largest absolute Gasteiger partial charge is 0.394 e. The number of rotatable bonds is 2. The molecule has 1 unspecified atom stereocenters. The molecule has 0 amide bonds. The number of alkyl halides is 3. The van der Waals surface area contributed by atoms with Crippen molar-refractivity contribution in [3.63, 3.8) is 0 Å². The molecule has 2 heterocycles. The number of pyridine rings is 1. The second-order valence-electron chi connectivity index (χ2n) is 4.99. The highest BCUT2D eigenvalue weighted by molar-refractivity contribution is 5.13. The van der Waals surface area contributed by atoms with Crippen LogP contribution in [0.5, 0.6) is 0 Å². The van der Waals surface area contributed by atoms with Crippen molar-refractivity contribution >= 4 is 0 Å². The SMILES string of the molecule is Cc1ccc(CN2CCNCC(C(F)(F)F)C2)cn1. The van der Waals surface area contributed by atoms with Crippen molar-refractivity contribution in [3.8, 4) is 0 Å². The van der Waals surface area contributed by atoms with E-state index < -0.39 is 12.1 Å². The van der Waals surface area contributed by atoms with Crippen LogP contribution in [0.4, 0.5) is 13.2 Å². The highest BCUT2D eigenvalue weighted by atomic mass is 19.4. The van der Waals surface area contributed by atoms with Gasteiger partial charge in [-0.15, -0.1) is 0 Å². The summed E-state index contributed by atoms with van der Waals surface area (Å²) in [6.07, 6.45) is -2.41. The fraction of sp³-hybridized carbons (Fsp3) is 0.615. The summed E-state index contributed by atoms with van der Waals surface area (Å²) in [6, 6.07) is 3.80. The van der Waals surface area contributed by atoms with Crippen molar-refractivity contribution in [2.24, 2.45) is 5.92 Å². The lowest BCUT2D eigenvalue weighted by Gasteiger charge is -2.25. The van der Waals surface area contributed by atoms with Crippen LogP contribution < -0.4 is 5.32 Å². The first kappa shape index (κ1) is 14.3. The van der Waals surface area contributed by atoms with Gasteiger partial charge in [0.05, 0.1) is 5.92 Å². The standard InChI is InChI=1S/C13H18F3N3/c1-10-2-3-11(6-18-10)8-19-5-4-17-7-12(9-19)13(14,15)16/h2-3,6,12,17H,4-5,7-9H2,1H3. The minimum Gasteiger partial charge on any atom is -0.315 e. The zero-order chi connectivity index (χ0) is 13.9. The van der Waals surface area contributed by atoms with Crippen molar-refractivity contribution in [2.45, 2.75) is 19.6 Å². The van der Waals surface area contributed by atoms with E-state index in [1.807, 2.05) is 24.0 Å². The third-order valence-corrected chi connectivity index (χ3v) is 3.32. The smallest absolute Gasteiger partial charge is 0.315 e. The Hall–Kier alpha value is -1.14. The highest BCUT2D eigenvalue weighted by Gasteiger charge is 2.40. The van der Waals surface area contributed by atoms with E-state index in [1.165, 1.54) is 0 Å². The van der Waals surface area contributed by atoms with Gasteiger partial charge in [0.2, 0.25) is 0 Å². The fourth-order valence-corrected chi connectivity index (χ4v) is 2.19. The lowest BCUT2D eigenvalue weighted by molar-refractivity contribution is -0.176. The topological polar surface area (TPSA) is 28.2 Å². The molecule has 0 aromatic carbocycles. The Morgan fingerprint density at radius 1 is 1.42 bits per heavy atom. The van der Waals surface area contributed by atoms with Crippen molar-refractivity contribution in [1.29, 1.82) is 0 Å². The predicted molar refractivity (Wildman–Crippen MR) is 66.7 cm³/mol. The number of halogens is 3. The van der Waals surface area contributed by atoms with E-state index >= 15 is 0 Å². The van der Waals surface area contributed by atoms with Gasteiger partial charge in [-0.25, -0.2) is 0 Å². The minimum absolute atomic E-state index is 0.00610. The van der Waals surface area contributed by atoms with Crippen molar-refractivity contribution < 1.29 is 13.2 Å². The van der Waals surface area contributed by atoms with Gasteiger partial charge in [0.1, 0.15) is 0 Å². The van der Waals surface area contributed by atoms with E-state index in [-0.39, 0.29) is 13.1 Å². The van der Waals surface area contributed by atoms with Crippen LogP contribution >= 0.6 is 0 Å². The van der Waals surface area contributed by atoms with E-state index in [4.69, 9.17) is 0 Å². The number of hydrogen-bond acceptors (Lipinski definition) is 3. The van der Waals surface area contributed by atoms with Crippen LogP contribution in [0.15, 0.2) is 18.3 Å². The summed E-state index contributed by atoms with van der Waals surface area (Å²) in [5, 5.41) is 2.85. The van der Waals surface area contributed by atoms with Crippen LogP contribution in [0.25, 0.3) is 0 Å². The van der Waals surface area contributed by atoms with E-state index in [0.29, 0.717) is 19.6 Å². The molecule has 0 radical (unpaired) electrons. The molecule has 1 aromatic rings. The first-order valence-electron chi connectivity index (χ1n) is 6.36. The normalized spacial score (nSPS) is 22.2. The summed E-state index contributed by atoms with van der Waals surface area (Å²) < 4.78 is 38.4. The number of nitrogens with one attached hydrogen (secondary N) is 1. The van der Waals surface area contributed by atoms with Gasteiger partial charge in [0.25, 0.3) is 0 Å². The summed E-state index contributed by atoms with van der Waals surface area (Å²) in [4.78, 5) is 6.01. The van der Waals surface area contributed by atoms with Crippen LogP contribution in [0.3, 0.4) is 0 Å². The third-order valence-electron chi connectivity index (χ3n) is 3.32. The van der Waals surface area contributed by atoms with Crippen molar-refractivity contribution in [3.05, 3.63) is 29.6 Å². The molecular weight excluding hydrogens is 255 g/mol. The van der Waals surface area contributed by atoms with Crippen LogP contribution in [-0.2, 0) is 6.54 Å². The lowest BCUT2D eigenvalue weighted by Crippen LogP contribution is -2.37. The Labute approximate surface area is 110 Å². The number of aryl methyl sites for hydroxylation is 1.